The number of ether oxygens (including phenoxy) is 1. The molecule has 138 valence electrons. The molecule has 0 aliphatic carbocycles. The van der Waals surface area contributed by atoms with Crippen LogP contribution in [0.25, 0.3) is 11.0 Å². The quantitative estimate of drug-likeness (QED) is 0.574. The normalized spacial score (nSPS) is 12.9. The topological polar surface area (TPSA) is 123 Å². The van der Waals surface area contributed by atoms with Crippen LogP contribution in [0.5, 0.6) is 5.75 Å². The summed E-state index contributed by atoms with van der Waals surface area (Å²) in [5.74, 6) is 0.339. The maximum atomic E-state index is 12.6. The summed E-state index contributed by atoms with van der Waals surface area (Å²) in [5.41, 5.74) is 2.46. The highest BCUT2D eigenvalue weighted by Gasteiger charge is 2.20. The standard InChI is InChI=1S/C16H14ClN7O3/c1-24-14-12(15(22-17)23-24)19-7-20-13(14)16(26)18-5-8-2-3-10-9(4-8)21-11(25)6-27-10/h2-4,7H,5-6H2,1H3,(H,18,26)(H,21,25)(H,22,23). The lowest BCUT2D eigenvalue weighted by atomic mass is 10.1. The second-order valence-corrected chi connectivity index (χ2v) is 6.03. The number of benzene rings is 1. The molecule has 10 nitrogen and oxygen atoms in total. The van der Waals surface area contributed by atoms with Crippen LogP contribution in [0.4, 0.5) is 11.5 Å². The number of aromatic nitrogens is 4. The lowest BCUT2D eigenvalue weighted by molar-refractivity contribution is -0.118. The molecule has 1 aliphatic rings. The van der Waals surface area contributed by atoms with Crippen molar-refractivity contribution in [3.8, 4) is 5.75 Å². The number of fused-ring (bicyclic) bond motifs is 2. The number of hydrogen-bond donors (Lipinski definition) is 3. The van der Waals surface area contributed by atoms with Gasteiger partial charge in [0.1, 0.15) is 23.1 Å². The molecule has 0 spiro atoms. The Morgan fingerprint density at radius 3 is 3.07 bits per heavy atom. The first kappa shape index (κ1) is 17.0. The zero-order valence-electron chi connectivity index (χ0n) is 14.1. The summed E-state index contributed by atoms with van der Waals surface area (Å²) in [5, 5.41) is 9.70. The second-order valence-electron chi connectivity index (χ2n) is 5.84. The molecule has 1 aliphatic heterocycles. The van der Waals surface area contributed by atoms with Crippen LogP contribution in [-0.4, -0.2) is 38.2 Å². The smallest absolute Gasteiger partial charge is 0.272 e. The van der Waals surface area contributed by atoms with E-state index in [-0.39, 0.29) is 30.7 Å². The Morgan fingerprint density at radius 2 is 2.26 bits per heavy atom. The fourth-order valence-electron chi connectivity index (χ4n) is 2.84. The van der Waals surface area contributed by atoms with Crippen LogP contribution in [0.3, 0.4) is 0 Å². The number of nitrogens with zero attached hydrogens (tertiary/aromatic N) is 4. The van der Waals surface area contributed by atoms with Gasteiger partial charge in [-0.25, -0.2) is 9.97 Å². The average Bonchev–Trinajstić information content (AvgIpc) is 3.02. The number of nitrogens with one attached hydrogen (secondary N) is 3. The lowest BCUT2D eigenvalue weighted by Gasteiger charge is -2.18. The number of anilines is 2. The van der Waals surface area contributed by atoms with E-state index < -0.39 is 0 Å². The summed E-state index contributed by atoms with van der Waals surface area (Å²) in [6, 6.07) is 5.31. The fraction of sp³-hybridized carbons (Fsp3) is 0.188. The van der Waals surface area contributed by atoms with Crippen molar-refractivity contribution in [2.45, 2.75) is 6.54 Å². The van der Waals surface area contributed by atoms with Crippen LogP contribution in [0, 0.1) is 0 Å². The molecular formula is C16H14ClN7O3. The number of carbonyl (C=O) groups excluding carboxylic acids is 2. The molecular weight excluding hydrogens is 374 g/mol. The Balaban J connectivity index is 1.55. The first-order chi connectivity index (χ1) is 13.1. The number of halogens is 1. The minimum absolute atomic E-state index is 0.00333. The van der Waals surface area contributed by atoms with E-state index in [1.165, 1.54) is 11.0 Å². The van der Waals surface area contributed by atoms with E-state index in [0.29, 0.717) is 28.3 Å². The minimum atomic E-state index is -0.385. The average molecular weight is 388 g/mol. The monoisotopic (exact) mass is 387 g/mol. The lowest BCUT2D eigenvalue weighted by Crippen LogP contribution is -2.26. The Bertz CT molecular complexity index is 1070. The van der Waals surface area contributed by atoms with Crippen LogP contribution >= 0.6 is 11.8 Å². The molecule has 3 aromatic rings. The van der Waals surface area contributed by atoms with Crippen LogP contribution in [0.15, 0.2) is 24.5 Å². The molecule has 0 fully saturated rings. The van der Waals surface area contributed by atoms with E-state index in [9.17, 15) is 9.59 Å². The SMILES string of the molecule is Cn1nc(NCl)c2ncnc(C(=O)NCc3ccc4c(c3)NC(=O)CO4)c21. The van der Waals surface area contributed by atoms with Crippen LogP contribution < -0.4 is 20.2 Å². The molecule has 2 aromatic heterocycles. The zero-order valence-corrected chi connectivity index (χ0v) is 14.9. The van der Waals surface area contributed by atoms with Gasteiger partial charge in [0.15, 0.2) is 18.1 Å². The summed E-state index contributed by atoms with van der Waals surface area (Å²) >= 11 is 5.63. The number of aryl methyl sites for hydroxylation is 1. The third-order valence-electron chi connectivity index (χ3n) is 4.05. The molecule has 4 rings (SSSR count). The van der Waals surface area contributed by atoms with Crippen molar-refractivity contribution in [1.29, 1.82) is 0 Å². The van der Waals surface area contributed by atoms with Crippen LogP contribution in [0.2, 0.25) is 0 Å². The molecule has 0 saturated heterocycles. The number of carbonyl (C=O) groups is 2. The molecule has 0 atom stereocenters. The summed E-state index contributed by atoms with van der Waals surface area (Å²) < 4.78 is 6.80. The van der Waals surface area contributed by atoms with E-state index in [1.807, 2.05) is 6.07 Å². The highest BCUT2D eigenvalue weighted by Crippen LogP contribution is 2.28. The Hall–Kier alpha value is -3.40. The molecule has 1 aromatic carbocycles. The van der Waals surface area contributed by atoms with Gasteiger partial charge in [-0.15, -0.1) is 0 Å². The number of hydrogen-bond acceptors (Lipinski definition) is 7. The van der Waals surface area contributed by atoms with Crippen molar-refractivity contribution in [1.82, 2.24) is 25.1 Å². The van der Waals surface area contributed by atoms with Crippen LogP contribution in [0.1, 0.15) is 16.1 Å². The largest absolute Gasteiger partial charge is 0.482 e. The van der Waals surface area contributed by atoms with Crippen molar-refractivity contribution in [2.75, 3.05) is 16.8 Å². The van der Waals surface area contributed by atoms with Gasteiger partial charge in [0.25, 0.3) is 11.8 Å². The third kappa shape index (κ3) is 3.10. The Labute approximate surface area is 158 Å². The van der Waals surface area contributed by atoms with Gasteiger partial charge in [0.2, 0.25) is 0 Å². The van der Waals surface area contributed by atoms with Gasteiger partial charge in [-0.3, -0.25) is 19.1 Å². The van der Waals surface area contributed by atoms with Gasteiger partial charge in [-0.05, 0) is 17.7 Å². The third-order valence-corrected chi connectivity index (χ3v) is 4.23. The van der Waals surface area contributed by atoms with Crippen molar-refractivity contribution in [3.63, 3.8) is 0 Å². The van der Waals surface area contributed by atoms with E-state index in [1.54, 1.807) is 19.2 Å². The predicted octanol–water partition coefficient (Wildman–Crippen LogP) is 1.19. The van der Waals surface area contributed by atoms with Crippen LogP contribution in [-0.2, 0) is 18.4 Å². The molecule has 0 bridgehead atoms. The molecule has 0 unspecified atom stereocenters. The van der Waals surface area contributed by atoms with Gasteiger partial charge in [-0.1, -0.05) is 6.07 Å². The van der Waals surface area contributed by atoms with E-state index in [2.05, 4.69) is 30.5 Å². The minimum Gasteiger partial charge on any atom is -0.482 e. The Kier molecular flexibility index (Phi) is 4.24. The Morgan fingerprint density at radius 1 is 1.41 bits per heavy atom. The van der Waals surface area contributed by atoms with E-state index in [4.69, 9.17) is 16.5 Å². The molecule has 0 radical (unpaired) electrons. The zero-order chi connectivity index (χ0) is 19.0. The number of rotatable bonds is 4. The summed E-state index contributed by atoms with van der Waals surface area (Å²) in [6.45, 7) is 0.239. The summed E-state index contributed by atoms with van der Waals surface area (Å²) in [6.07, 6.45) is 1.28. The summed E-state index contributed by atoms with van der Waals surface area (Å²) in [4.78, 5) is 34.7. The maximum Gasteiger partial charge on any atom is 0.272 e. The molecule has 2 amide bonds. The van der Waals surface area contributed by atoms with Gasteiger partial charge >= 0.3 is 0 Å². The van der Waals surface area contributed by atoms with Gasteiger partial charge in [-0.2, -0.15) is 5.10 Å². The molecule has 11 heteroatoms. The van der Waals surface area contributed by atoms with Crippen molar-refractivity contribution < 1.29 is 14.3 Å². The maximum absolute atomic E-state index is 12.6. The molecule has 3 heterocycles. The first-order valence-electron chi connectivity index (χ1n) is 7.95. The second kappa shape index (κ2) is 6.72. The van der Waals surface area contributed by atoms with Gasteiger partial charge < -0.3 is 15.4 Å². The molecule has 3 N–H and O–H groups in total. The number of amides is 2. The molecule has 27 heavy (non-hydrogen) atoms. The first-order valence-corrected chi connectivity index (χ1v) is 8.32. The highest BCUT2D eigenvalue weighted by molar-refractivity contribution is 6.25. The van der Waals surface area contributed by atoms with Gasteiger partial charge in [0, 0.05) is 25.4 Å². The fourth-order valence-corrected chi connectivity index (χ4v) is 2.97. The van der Waals surface area contributed by atoms with Crippen molar-refractivity contribution in [3.05, 3.63) is 35.8 Å². The predicted molar refractivity (Wildman–Crippen MR) is 97.5 cm³/mol. The highest BCUT2D eigenvalue weighted by atomic mass is 35.5. The van der Waals surface area contributed by atoms with E-state index >= 15 is 0 Å². The summed E-state index contributed by atoms with van der Waals surface area (Å²) in [7, 11) is 1.67. The molecule has 0 saturated carbocycles. The van der Waals surface area contributed by atoms with Gasteiger partial charge in [0.05, 0.1) is 5.69 Å². The van der Waals surface area contributed by atoms with Crippen molar-refractivity contribution >= 4 is 46.1 Å². The van der Waals surface area contributed by atoms with Crippen molar-refractivity contribution in [2.24, 2.45) is 7.05 Å². The van der Waals surface area contributed by atoms with E-state index in [0.717, 1.165) is 5.56 Å².